The molecule has 0 spiro atoms. The Hall–Kier alpha value is 0.140. The highest BCUT2D eigenvalue weighted by Crippen LogP contribution is 2.38. The first-order chi connectivity index (χ1) is 11.2. The first-order valence-corrected chi connectivity index (χ1v) is 10.2. The van der Waals surface area contributed by atoms with E-state index in [-0.39, 0.29) is 36.0 Å². The van der Waals surface area contributed by atoms with Crippen LogP contribution in [0.5, 0.6) is 0 Å². The van der Waals surface area contributed by atoms with Crippen molar-refractivity contribution in [3.05, 3.63) is 20.8 Å². The standard InChI is InChI=1S/C17H28BrN3OS.HI/c1-2-19-16(20-11-15-10-14(18)12-23-15)21-13-17(8-9-22)6-4-3-5-7-17;/h10,12,22H,2-9,11,13H2,1H3,(H2,19,20,21);1H. The molecule has 0 aliphatic heterocycles. The van der Waals surface area contributed by atoms with Gasteiger partial charge in [0.05, 0.1) is 6.54 Å². The summed E-state index contributed by atoms with van der Waals surface area (Å²) in [4.78, 5) is 5.94. The number of guanidine groups is 1. The lowest BCUT2D eigenvalue weighted by atomic mass is 9.72. The molecular weight excluding hydrogens is 501 g/mol. The van der Waals surface area contributed by atoms with Crippen LogP contribution in [-0.2, 0) is 6.54 Å². The summed E-state index contributed by atoms with van der Waals surface area (Å²) >= 11 is 5.20. The number of rotatable bonds is 7. The van der Waals surface area contributed by atoms with E-state index in [0.717, 1.165) is 29.9 Å². The molecule has 1 aliphatic rings. The molecule has 1 fully saturated rings. The molecule has 0 atom stereocenters. The third-order valence-electron chi connectivity index (χ3n) is 4.55. The van der Waals surface area contributed by atoms with Crippen molar-refractivity contribution in [2.24, 2.45) is 10.4 Å². The van der Waals surface area contributed by atoms with E-state index in [0.29, 0.717) is 6.54 Å². The Labute approximate surface area is 175 Å². The number of nitrogens with one attached hydrogen (secondary N) is 2. The molecule has 24 heavy (non-hydrogen) atoms. The van der Waals surface area contributed by atoms with Crippen molar-refractivity contribution in [2.75, 3.05) is 19.7 Å². The zero-order valence-corrected chi connectivity index (χ0v) is 19.0. The Morgan fingerprint density at radius 1 is 1.33 bits per heavy atom. The zero-order chi connectivity index (χ0) is 16.5. The van der Waals surface area contributed by atoms with Crippen molar-refractivity contribution in [2.45, 2.75) is 52.0 Å². The number of nitrogens with zero attached hydrogens (tertiary/aromatic N) is 1. The molecule has 3 N–H and O–H groups in total. The second-order valence-electron chi connectivity index (χ2n) is 6.31. The maximum atomic E-state index is 9.43. The summed E-state index contributed by atoms with van der Waals surface area (Å²) < 4.78 is 1.12. The van der Waals surface area contributed by atoms with Crippen LogP contribution in [0.15, 0.2) is 20.9 Å². The quantitative estimate of drug-likeness (QED) is 0.276. The molecule has 1 aromatic rings. The Bertz CT molecular complexity index is 498. The van der Waals surface area contributed by atoms with E-state index in [4.69, 9.17) is 4.99 Å². The van der Waals surface area contributed by atoms with Crippen molar-refractivity contribution >= 4 is 57.2 Å². The predicted octanol–water partition coefficient (Wildman–Crippen LogP) is 4.52. The molecule has 2 rings (SSSR count). The third-order valence-corrected chi connectivity index (χ3v) is 6.23. The van der Waals surface area contributed by atoms with Gasteiger partial charge in [-0.05, 0) is 53.6 Å². The fourth-order valence-electron chi connectivity index (χ4n) is 3.26. The monoisotopic (exact) mass is 529 g/mol. The molecule has 0 saturated heterocycles. The number of hydrogen-bond donors (Lipinski definition) is 3. The number of halogens is 2. The summed E-state index contributed by atoms with van der Waals surface area (Å²) in [6, 6.07) is 2.12. The molecular formula is C17H29BrIN3OS. The SMILES string of the molecule is CCNC(=NCc1cc(Br)cs1)NCC1(CCO)CCCCC1.I. The molecule has 0 unspecified atom stereocenters. The summed E-state index contributed by atoms with van der Waals surface area (Å²) in [5, 5.41) is 18.4. The molecule has 0 bridgehead atoms. The lowest BCUT2D eigenvalue weighted by Gasteiger charge is -2.37. The number of thiophene rings is 1. The molecule has 138 valence electrons. The van der Waals surface area contributed by atoms with E-state index in [1.807, 2.05) is 0 Å². The molecule has 0 aromatic carbocycles. The second kappa shape index (κ2) is 11.7. The summed E-state index contributed by atoms with van der Waals surface area (Å²) in [5.41, 5.74) is 0.231. The molecule has 0 radical (unpaired) electrons. The summed E-state index contributed by atoms with van der Waals surface area (Å²) in [7, 11) is 0. The highest BCUT2D eigenvalue weighted by molar-refractivity contribution is 14.0. The van der Waals surface area contributed by atoms with Gasteiger partial charge in [0.2, 0.25) is 0 Å². The van der Waals surface area contributed by atoms with E-state index in [2.05, 4.69) is 44.9 Å². The number of aliphatic imine (C=N–C) groups is 1. The van der Waals surface area contributed by atoms with Crippen LogP contribution in [0.4, 0.5) is 0 Å². The van der Waals surface area contributed by atoms with Crippen LogP contribution in [-0.4, -0.2) is 30.8 Å². The highest BCUT2D eigenvalue weighted by atomic mass is 127. The van der Waals surface area contributed by atoms with Gasteiger partial charge in [-0.15, -0.1) is 35.3 Å². The maximum Gasteiger partial charge on any atom is 0.191 e. The van der Waals surface area contributed by atoms with E-state index >= 15 is 0 Å². The lowest BCUT2D eigenvalue weighted by molar-refractivity contribution is 0.131. The van der Waals surface area contributed by atoms with Crippen LogP contribution in [0, 0.1) is 5.41 Å². The summed E-state index contributed by atoms with van der Waals surface area (Å²) in [6.45, 7) is 4.81. The largest absolute Gasteiger partial charge is 0.396 e. The van der Waals surface area contributed by atoms with Gasteiger partial charge in [-0.25, -0.2) is 4.99 Å². The van der Waals surface area contributed by atoms with Crippen LogP contribution < -0.4 is 10.6 Å². The van der Waals surface area contributed by atoms with Crippen LogP contribution in [0.1, 0.15) is 50.3 Å². The van der Waals surface area contributed by atoms with Crippen LogP contribution >= 0.6 is 51.2 Å². The van der Waals surface area contributed by atoms with E-state index in [1.54, 1.807) is 11.3 Å². The van der Waals surface area contributed by atoms with E-state index in [9.17, 15) is 5.11 Å². The zero-order valence-electron chi connectivity index (χ0n) is 14.3. The fourth-order valence-corrected chi connectivity index (χ4v) is 4.64. The first kappa shape index (κ1) is 22.2. The smallest absolute Gasteiger partial charge is 0.191 e. The van der Waals surface area contributed by atoms with Crippen molar-refractivity contribution in [3.8, 4) is 0 Å². The van der Waals surface area contributed by atoms with Gasteiger partial charge in [-0.2, -0.15) is 0 Å². The molecule has 0 amide bonds. The van der Waals surface area contributed by atoms with Gasteiger partial charge in [0.15, 0.2) is 5.96 Å². The third kappa shape index (κ3) is 7.17. The van der Waals surface area contributed by atoms with Gasteiger partial charge in [0.1, 0.15) is 0 Å². The van der Waals surface area contributed by atoms with Gasteiger partial charge >= 0.3 is 0 Å². The van der Waals surface area contributed by atoms with E-state index < -0.39 is 0 Å². The minimum absolute atomic E-state index is 0. The predicted molar refractivity (Wildman–Crippen MR) is 117 cm³/mol. The van der Waals surface area contributed by atoms with Gasteiger partial charge in [-0.3, -0.25) is 0 Å². The lowest BCUT2D eigenvalue weighted by Crippen LogP contribution is -2.44. The van der Waals surface area contributed by atoms with Crippen LogP contribution in [0.2, 0.25) is 0 Å². The van der Waals surface area contributed by atoms with Gasteiger partial charge in [0.25, 0.3) is 0 Å². The topological polar surface area (TPSA) is 56.7 Å². The maximum absolute atomic E-state index is 9.43. The summed E-state index contributed by atoms with van der Waals surface area (Å²) in [5.74, 6) is 0.875. The molecule has 1 aromatic heterocycles. The van der Waals surface area contributed by atoms with E-state index in [1.165, 1.54) is 37.0 Å². The van der Waals surface area contributed by atoms with Crippen molar-refractivity contribution in [1.29, 1.82) is 0 Å². The molecule has 4 nitrogen and oxygen atoms in total. The van der Waals surface area contributed by atoms with Gasteiger partial charge < -0.3 is 15.7 Å². The van der Waals surface area contributed by atoms with Crippen LogP contribution in [0.3, 0.4) is 0 Å². The average molecular weight is 530 g/mol. The Balaban J connectivity index is 0.00000288. The number of aliphatic hydroxyl groups is 1. The van der Waals surface area contributed by atoms with Crippen molar-refractivity contribution in [3.63, 3.8) is 0 Å². The van der Waals surface area contributed by atoms with Gasteiger partial charge in [0, 0.05) is 34.4 Å². The minimum atomic E-state index is 0. The molecule has 1 aliphatic carbocycles. The molecule has 7 heteroatoms. The number of aliphatic hydroxyl groups excluding tert-OH is 1. The second-order valence-corrected chi connectivity index (χ2v) is 8.23. The summed E-state index contributed by atoms with van der Waals surface area (Å²) in [6.07, 6.45) is 7.18. The molecule has 1 heterocycles. The Morgan fingerprint density at radius 2 is 2.08 bits per heavy atom. The normalized spacial score (nSPS) is 17.2. The highest BCUT2D eigenvalue weighted by Gasteiger charge is 2.31. The number of hydrogen-bond acceptors (Lipinski definition) is 3. The minimum Gasteiger partial charge on any atom is -0.396 e. The van der Waals surface area contributed by atoms with Crippen molar-refractivity contribution < 1.29 is 5.11 Å². The van der Waals surface area contributed by atoms with Crippen molar-refractivity contribution in [1.82, 2.24) is 10.6 Å². The van der Waals surface area contributed by atoms with Crippen LogP contribution in [0.25, 0.3) is 0 Å². The average Bonchev–Trinajstić information content (AvgIpc) is 2.97. The Kier molecular flexibility index (Phi) is 10.8. The fraction of sp³-hybridized carbons (Fsp3) is 0.706. The Morgan fingerprint density at radius 3 is 2.67 bits per heavy atom. The molecule has 1 saturated carbocycles. The van der Waals surface area contributed by atoms with Gasteiger partial charge in [-0.1, -0.05) is 19.3 Å². The first-order valence-electron chi connectivity index (χ1n) is 8.53.